The molecule has 2 N–H and O–H groups in total. The minimum absolute atomic E-state index is 0.0193. The molecule has 1 aromatic heterocycles. The highest BCUT2D eigenvalue weighted by atomic mass is 32.2. The molecule has 0 fully saturated rings. The Balaban J connectivity index is 1.57. The van der Waals surface area contributed by atoms with Crippen molar-refractivity contribution in [2.24, 2.45) is 5.92 Å². The number of aromatic nitrogens is 2. The molecule has 1 unspecified atom stereocenters. The first-order chi connectivity index (χ1) is 10.9. The summed E-state index contributed by atoms with van der Waals surface area (Å²) in [7, 11) is -3.19. The van der Waals surface area contributed by atoms with E-state index < -0.39 is 9.84 Å². The number of H-pyrrole nitrogens is 1. The van der Waals surface area contributed by atoms with Gasteiger partial charge in [-0.15, -0.1) is 0 Å². The first-order valence-electron chi connectivity index (χ1n) is 7.51. The maximum atomic E-state index is 12.3. The second kappa shape index (κ2) is 6.16. The summed E-state index contributed by atoms with van der Waals surface area (Å²) >= 11 is 0. The molecule has 0 saturated carbocycles. The van der Waals surface area contributed by atoms with Gasteiger partial charge in [-0.1, -0.05) is 12.1 Å². The number of amides is 1. The van der Waals surface area contributed by atoms with Crippen LogP contribution in [-0.2, 0) is 34.0 Å². The van der Waals surface area contributed by atoms with Crippen LogP contribution < -0.4 is 5.32 Å². The van der Waals surface area contributed by atoms with Gasteiger partial charge in [-0.2, -0.15) is 0 Å². The molecule has 2 aromatic rings. The molecule has 3 rings (SSSR count). The van der Waals surface area contributed by atoms with Crippen LogP contribution in [0.2, 0.25) is 0 Å². The fourth-order valence-corrected chi connectivity index (χ4v) is 3.44. The van der Waals surface area contributed by atoms with E-state index in [1.807, 2.05) is 0 Å². The molecular weight excluding hydrogens is 314 g/mol. The summed E-state index contributed by atoms with van der Waals surface area (Å²) in [6, 6.07) is 6.58. The molecule has 0 spiro atoms. The summed E-state index contributed by atoms with van der Waals surface area (Å²) in [6.45, 7) is 0.396. The second-order valence-corrected chi connectivity index (χ2v) is 7.92. The molecule has 0 aliphatic heterocycles. The summed E-state index contributed by atoms with van der Waals surface area (Å²) < 4.78 is 22.8. The Hall–Kier alpha value is -2.15. The van der Waals surface area contributed by atoms with Crippen LogP contribution in [0.4, 0.5) is 0 Å². The van der Waals surface area contributed by atoms with Crippen molar-refractivity contribution in [1.29, 1.82) is 0 Å². The highest BCUT2D eigenvalue weighted by Gasteiger charge is 2.25. The molecule has 0 saturated heterocycles. The maximum Gasteiger partial charge on any atom is 0.223 e. The quantitative estimate of drug-likeness (QED) is 0.880. The van der Waals surface area contributed by atoms with E-state index in [1.165, 1.54) is 6.26 Å². The first-order valence-corrected chi connectivity index (χ1v) is 9.40. The predicted molar refractivity (Wildman–Crippen MR) is 85.5 cm³/mol. The average Bonchev–Trinajstić information content (AvgIpc) is 2.99. The standard InChI is InChI=1S/C16H19N3O3S/c1-23(21,22)13-5-2-11(3-6-13)9-17-16(20)12-4-7-14-15(8-12)19-10-18-14/h2-3,5-6,10,12H,4,7-9H2,1H3,(H,17,20)(H,18,19). The fourth-order valence-electron chi connectivity index (χ4n) is 2.81. The van der Waals surface area contributed by atoms with E-state index in [9.17, 15) is 13.2 Å². The predicted octanol–water partition coefficient (Wildman–Crippen LogP) is 1.23. The number of fused-ring (bicyclic) bond motifs is 1. The summed E-state index contributed by atoms with van der Waals surface area (Å²) in [4.78, 5) is 19.9. The normalized spacial score (nSPS) is 17.5. The molecule has 0 radical (unpaired) electrons. The van der Waals surface area contributed by atoms with Gasteiger partial charge in [0.2, 0.25) is 5.91 Å². The molecule has 0 bridgehead atoms. The zero-order valence-electron chi connectivity index (χ0n) is 12.9. The molecule has 1 atom stereocenters. The van der Waals surface area contributed by atoms with E-state index in [2.05, 4.69) is 15.3 Å². The number of benzene rings is 1. The first kappa shape index (κ1) is 15.7. The van der Waals surface area contributed by atoms with Crippen LogP contribution in [0.15, 0.2) is 35.5 Å². The van der Waals surface area contributed by atoms with Crippen LogP contribution in [0.25, 0.3) is 0 Å². The number of imidazole rings is 1. The Morgan fingerprint density at radius 3 is 2.78 bits per heavy atom. The van der Waals surface area contributed by atoms with Gasteiger partial charge in [-0.25, -0.2) is 13.4 Å². The van der Waals surface area contributed by atoms with Crippen molar-refractivity contribution in [2.75, 3.05) is 6.26 Å². The van der Waals surface area contributed by atoms with Crippen molar-refractivity contribution in [2.45, 2.75) is 30.7 Å². The zero-order valence-corrected chi connectivity index (χ0v) is 13.7. The average molecular weight is 333 g/mol. The van der Waals surface area contributed by atoms with Crippen LogP contribution >= 0.6 is 0 Å². The van der Waals surface area contributed by atoms with Crippen molar-refractivity contribution in [3.05, 3.63) is 47.5 Å². The van der Waals surface area contributed by atoms with Crippen LogP contribution in [0.1, 0.15) is 23.4 Å². The topological polar surface area (TPSA) is 91.9 Å². The fraction of sp³-hybridized carbons (Fsp3) is 0.375. The van der Waals surface area contributed by atoms with Gasteiger partial charge < -0.3 is 10.3 Å². The lowest BCUT2D eigenvalue weighted by Gasteiger charge is -2.20. The largest absolute Gasteiger partial charge is 0.352 e. The third kappa shape index (κ3) is 3.61. The number of hydrogen-bond acceptors (Lipinski definition) is 4. The van der Waals surface area contributed by atoms with Crippen molar-refractivity contribution in [3.8, 4) is 0 Å². The van der Waals surface area contributed by atoms with Crippen LogP contribution in [0, 0.1) is 5.92 Å². The lowest BCUT2D eigenvalue weighted by Crippen LogP contribution is -2.33. The van der Waals surface area contributed by atoms with Crippen molar-refractivity contribution >= 4 is 15.7 Å². The van der Waals surface area contributed by atoms with Crippen LogP contribution in [-0.4, -0.2) is 30.5 Å². The molecule has 1 aromatic carbocycles. The molecular formula is C16H19N3O3S. The van der Waals surface area contributed by atoms with Crippen molar-refractivity contribution in [3.63, 3.8) is 0 Å². The molecule has 7 heteroatoms. The van der Waals surface area contributed by atoms with E-state index >= 15 is 0 Å². The Kier molecular flexibility index (Phi) is 4.21. The Bertz CT molecular complexity index is 809. The molecule has 6 nitrogen and oxygen atoms in total. The number of rotatable bonds is 4. The minimum atomic E-state index is -3.19. The van der Waals surface area contributed by atoms with E-state index in [-0.39, 0.29) is 16.7 Å². The van der Waals surface area contributed by atoms with Gasteiger partial charge in [0.15, 0.2) is 9.84 Å². The molecule has 1 aliphatic rings. The number of aromatic amines is 1. The third-order valence-electron chi connectivity index (χ3n) is 4.18. The highest BCUT2D eigenvalue weighted by molar-refractivity contribution is 7.90. The SMILES string of the molecule is CS(=O)(=O)c1ccc(CNC(=O)C2CCc3[nH]cnc3C2)cc1. The van der Waals surface area contributed by atoms with Gasteiger partial charge in [0, 0.05) is 30.8 Å². The Morgan fingerprint density at radius 1 is 1.35 bits per heavy atom. The minimum Gasteiger partial charge on any atom is -0.352 e. The van der Waals surface area contributed by atoms with E-state index in [4.69, 9.17) is 0 Å². The van der Waals surface area contributed by atoms with Crippen LogP contribution in [0.3, 0.4) is 0 Å². The lowest BCUT2D eigenvalue weighted by atomic mass is 9.89. The number of carbonyl (C=O) groups excluding carboxylic acids is 1. The van der Waals surface area contributed by atoms with Crippen LogP contribution in [0.5, 0.6) is 0 Å². The molecule has 1 heterocycles. The zero-order chi connectivity index (χ0) is 16.4. The van der Waals surface area contributed by atoms with Gasteiger partial charge in [0.1, 0.15) is 0 Å². The van der Waals surface area contributed by atoms with Gasteiger partial charge >= 0.3 is 0 Å². The van der Waals surface area contributed by atoms with E-state index in [0.29, 0.717) is 13.0 Å². The number of aryl methyl sites for hydroxylation is 1. The number of hydrogen-bond donors (Lipinski definition) is 2. The van der Waals surface area contributed by atoms with Gasteiger partial charge in [0.05, 0.1) is 16.9 Å². The molecule has 1 aliphatic carbocycles. The van der Waals surface area contributed by atoms with Gasteiger partial charge in [-0.3, -0.25) is 4.79 Å². The lowest BCUT2D eigenvalue weighted by molar-refractivity contribution is -0.125. The summed E-state index contributed by atoms with van der Waals surface area (Å²) in [5.74, 6) is -0.0352. The van der Waals surface area contributed by atoms with Gasteiger partial charge in [-0.05, 0) is 30.5 Å². The highest BCUT2D eigenvalue weighted by Crippen LogP contribution is 2.23. The number of nitrogens with zero attached hydrogens (tertiary/aromatic N) is 1. The maximum absolute atomic E-state index is 12.3. The molecule has 122 valence electrons. The van der Waals surface area contributed by atoms with Gasteiger partial charge in [0.25, 0.3) is 0 Å². The van der Waals surface area contributed by atoms with Crippen molar-refractivity contribution < 1.29 is 13.2 Å². The summed E-state index contributed by atoms with van der Waals surface area (Å²) in [5, 5.41) is 2.92. The number of nitrogens with one attached hydrogen (secondary N) is 2. The Morgan fingerprint density at radius 2 is 2.09 bits per heavy atom. The summed E-state index contributed by atoms with van der Waals surface area (Å²) in [6.07, 6.45) is 5.17. The van der Waals surface area contributed by atoms with Crippen molar-refractivity contribution in [1.82, 2.24) is 15.3 Å². The smallest absolute Gasteiger partial charge is 0.223 e. The molecule has 1 amide bonds. The van der Waals surface area contributed by atoms with E-state index in [1.54, 1.807) is 30.6 Å². The third-order valence-corrected chi connectivity index (χ3v) is 5.31. The number of carbonyl (C=O) groups is 1. The summed E-state index contributed by atoms with van der Waals surface area (Å²) in [5.41, 5.74) is 2.99. The number of sulfone groups is 1. The second-order valence-electron chi connectivity index (χ2n) is 5.90. The monoisotopic (exact) mass is 333 g/mol. The van der Waals surface area contributed by atoms with E-state index in [0.717, 1.165) is 29.8 Å². The molecule has 23 heavy (non-hydrogen) atoms. The Labute approximate surface area is 135 Å².